The number of H-pyrrole nitrogens is 3. The molecule has 0 spiro atoms. The number of nitrogens with zero attached hydrogens (tertiary/aromatic N) is 2. The van der Waals surface area contributed by atoms with Gasteiger partial charge in [-0.1, -0.05) is 79.7 Å². The summed E-state index contributed by atoms with van der Waals surface area (Å²) < 4.78 is 0. The second-order valence-electron chi connectivity index (χ2n) is 15.0. The molecule has 0 saturated carbocycles. The Bertz CT molecular complexity index is 3050. The minimum Gasteiger partial charge on any atom is -0.361 e. The van der Waals surface area contributed by atoms with Gasteiger partial charge in [0.05, 0.1) is 16.0 Å². The number of rotatable bonds is 10. The number of allylic oxidation sites excluding steroid dienone is 2. The Hall–Kier alpha value is -7.52. The van der Waals surface area contributed by atoms with E-state index in [2.05, 4.69) is 39.2 Å². The molecule has 58 heavy (non-hydrogen) atoms. The van der Waals surface area contributed by atoms with Gasteiger partial charge in [0, 0.05) is 89.1 Å². The van der Waals surface area contributed by atoms with Crippen LogP contribution >= 0.6 is 0 Å². The van der Waals surface area contributed by atoms with E-state index in [1.807, 2.05) is 92.1 Å². The molecular formula is C49H39N5O4. The van der Waals surface area contributed by atoms with Crippen LogP contribution in [-0.2, 0) is 9.59 Å². The predicted octanol–water partition coefficient (Wildman–Crippen LogP) is 10.9. The Kier molecular flexibility index (Phi) is 9.05. The summed E-state index contributed by atoms with van der Waals surface area (Å²) in [6, 6.07) is 35.1. The average Bonchev–Trinajstić information content (AvgIpc) is 4.05. The van der Waals surface area contributed by atoms with E-state index in [9.17, 15) is 19.7 Å². The molecule has 3 heterocycles. The van der Waals surface area contributed by atoms with Crippen LogP contribution in [0.15, 0.2) is 140 Å². The SMILES string of the molecule is CC(C(=O)/C=C/c1cc(-c2cccc3cc[nH]c23)ccc1-c1ccccc1[N+](=O)[O-])C1C=C(c2cc(/C=C/C(=O)N(C)C)c3c(c2)[nH]c2ccccc23)c2[nH]ccc21. The van der Waals surface area contributed by atoms with Gasteiger partial charge in [-0.2, -0.15) is 0 Å². The highest BCUT2D eigenvalue weighted by Crippen LogP contribution is 2.45. The monoisotopic (exact) mass is 761 g/mol. The molecule has 9 nitrogen and oxygen atoms in total. The van der Waals surface area contributed by atoms with E-state index in [0.29, 0.717) is 16.7 Å². The minimum atomic E-state index is -0.428. The number of ketones is 1. The van der Waals surface area contributed by atoms with E-state index in [1.165, 1.54) is 6.07 Å². The number of fused-ring (bicyclic) bond motifs is 5. The van der Waals surface area contributed by atoms with Crippen LogP contribution in [0.25, 0.3) is 72.7 Å². The summed E-state index contributed by atoms with van der Waals surface area (Å²) in [6.45, 7) is 1.95. The first-order valence-corrected chi connectivity index (χ1v) is 19.2. The summed E-state index contributed by atoms with van der Waals surface area (Å²) in [5, 5.41) is 15.3. The van der Waals surface area contributed by atoms with Crippen LogP contribution in [0.2, 0.25) is 0 Å². The van der Waals surface area contributed by atoms with Crippen molar-refractivity contribution in [1.82, 2.24) is 19.9 Å². The maximum atomic E-state index is 14.2. The van der Waals surface area contributed by atoms with Crippen molar-refractivity contribution in [3.63, 3.8) is 0 Å². The number of hydrogen-bond acceptors (Lipinski definition) is 4. The quantitative estimate of drug-likeness (QED) is 0.0728. The normalized spacial score (nSPS) is 14.5. The van der Waals surface area contributed by atoms with Crippen molar-refractivity contribution < 1.29 is 14.5 Å². The molecule has 5 aromatic carbocycles. The molecule has 1 amide bonds. The number of carbonyl (C=O) groups excluding carboxylic acids is 2. The standard InChI is InChI=1S/C49H39N5O4/c1-29(45(55)19-16-31-25-32(36-12-8-9-30-21-23-50-48(30)36)15-18-35(31)37-10-5-7-14-44(37)54(57)58)40-28-41(49-38(40)22-24-51-49)34-26-33(17-20-46(56)53(2)3)47-39-11-4-6-13-42(39)52-43(47)27-34/h4-29,40,50-52H,1-3H3/b19-16+,20-17+. The van der Waals surface area contributed by atoms with Gasteiger partial charge in [0.15, 0.2) is 5.78 Å². The van der Waals surface area contributed by atoms with Crippen LogP contribution < -0.4 is 0 Å². The minimum absolute atomic E-state index is 0.00624. The Morgan fingerprint density at radius 1 is 0.759 bits per heavy atom. The fraction of sp³-hybridized carbons (Fsp3) is 0.102. The largest absolute Gasteiger partial charge is 0.361 e. The lowest BCUT2D eigenvalue weighted by atomic mass is 9.86. The summed E-state index contributed by atoms with van der Waals surface area (Å²) in [5.74, 6) is -0.823. The van der Waals surface area contributed by atoms with Crippen LogP contribution in [-0.4, -0.2) is 50.6 Å². The molecule has 8 aromatic rings. The first-order valence-electron chi connectivity index (χ1n) is 19.2. The number of hydrogen-bond donors (Lipinski definition) is 3. The summed E-state index contributed by atoms with van der Waals surface area (Å²) >= 11 is 0. The number of benzene rings is 5. The van der Waals surface area contributed by atoms with E-state index in [0.717, 1.165) is 71.8 Å². The molecular weight excluding hydrogens is 723 g/mol. The summed E-state index contributed by atoms with van der Waals surface area (Å²) in [4.78, 5) is 50.5. The fourth-order valence-electron chi connectivity index (χ4n) is 8.32. The van der Waals surface area contributed by atoms with Crippen LogP contribution in [0.1, 0.15) is 40.8 Å². The zero-order valence-electron chi connectivity index (χ0n) is 32.1. The van der Waals surface area contributed by atoms with Crippen LogP contribution in [0.4, 0.5) is 5.69 Å². The number of nitro groups is 1. The molecule has 0 saturated heterocycles. The van der Waals surface area contributed by atoms with E-state index in [1.54, 1.807) is 55.4 Å². The van der Waals surface area contributed by atoms with E-state index < -0.39 is 5.92 Å². The highest BCUT2D eigenvalue weighted by Gasteiger charge is 2.32. The van der Waals surface area contributed by atoms with Crippen LogP contribution in [0, 0.1) is 16.0 Å². The topological polar surface area (TPSA) is 128 Å². The first-order chi connectivity index (χ1) is 28.2. The van der Waals surface area contributed by atoms with Gasteiger partial charge >= 0.3 is 0 Å². The number of amides is 1. The molecule has 284 valence electrons. The van der Waals surface area contributed by atoms with E-state index in [4.69, 9.17) is 0 Å². The highest BCUT2D eigenvalue weighted by molar-refractivity contribution is 6.13. The van der Waals surface area contributed by atoms with Gasteiger partial charge in [-0.15, -0.1) is 0 Å². The number of nitrogens with one attached hydrogen (secondary N) is 3. The highest BCUT2D eigenvalue weighted by atomic mass is 16.6. The summed E-state index contributed by atoms with van der Waals surface area (Å²) in [6.07, 6.45) is 12.8. The van der Waals surface area contributed by atoms with Gasteiger partial charge in [-0.05, 0) is 93.4 Å². The number of nitro benzene ring substituents is 1. The number of aromatic amines is 3. The van der Waals surface area contributed by atoms with E-state index in [-0.39, 0.29) is 28.2 Å². The van der Waals surface area contributed by atoms with Gasteiger partial charge in [0.2, 0.25) is 5.91 Å². The number of aromatic nitrogens is 3. The molecule has 3 aromatic heterocycles. The maximum Gasteiger partial charge on any atom is 0.277 e. The van der Waals surface area contributed by atoms with Crippen molar-refractivity contribution in [2.45, 2.75) is 12.8 Å². The van der Waals surface area contributed by atoms with Crippen molar-refractivity contribution in [3.8, 4) is 22.3 Å². The molecule has 2 atom stereocenters. The van der Waals surface area contributed by atoms with Crippen molar-refractivity contribution in [2.75, 3.05) is 14.1 Å². The number of likely N-dealkylation sites (N-methyl/N-ethyl adjacent to an activating group) is 1. The van der Waals surface area contributed by atoms with Gasteiger partial charge in [-0.25, -0.2) is 0 Å². The van der Waals surface area contributed by atoms with Gasteiger partial charge in [0.1, 0.15) is 0 Å². The maximum absolute atomic E-state index is 14.2. The van der Waals surface area contributed by atoms with Gasteiger partial charge in [-0.3, -0.25) is 19.7 Å². The lowest BCUT2D eigenvalue weighted by molar-refractivity contribution is -0.384. The molecule has 9 heteroatoms. The predicted molar refractivity (Wildman–Crippen MR) is 233 cm³/mol. The molecule has 2 unspecified atom stereocenters. The zero-order valence-corrected chi connectivity index (χ0v) is 32.1. The molecule has 1 aliphatic carbocycles. The van der Waals surface area contributed by atoms with Crippen LogP contribution in [0.5, 0.6) is 0 Å². The molecule has 9 rings (SSSR count). The first kappa shape index (κ1) is 36.1. The Balaban J connectivity index is 1.09. The smallest absolute Gasteiger partial charge is 0.277 e. The molecule has 0 radical (unpaired) electrons. The third kappa shape index (κ3) is 6.32. The second kappa shape index (κ2) is 14.5. The van der Waals surface area contributed by atoms with E-state index >= 15 is 0 Å². The number of carbonyl (C=O) groups is 2. The zero-order chi connectivity index (χ0) is 40.1. The van der Waals surface area contributed by atoms with Gasteiger partial charge in [0.25, 0.3) is 5.69 Å². The average molecular weight is 762 g/mol. The lowest BCUT2D eigenvalue weighted by Gasteiger charge is -2.15. The Morgan fingerprint density at radius 3 is 2.36 bits per heavy atom. The third-order valence-electron chi connectivity index (χ3n) is 11.3. The van der Waals surface area contributed by atoms with Crippen molar-refractivity contribution in [1.29, 1.82) is 0 Å². The molecule has 0 aliphatic heterocycles. The Morgan fingerprint density at radius 2 is 1.52 bits per heavy atom. The number of para-hydroxylation sites is 3. The molecule has 1 aliphatic rings. The van der Waals surface area contributed by atoms with Crippen molar-refractivity contribution in [3.05, 3.63) is 178 Å². The van der Waals surface area contributed by atoms with Crippen molar-refractivity contribution in [2.24, 2.45) is 5.92 Å². The molecule has 0 fully saturated rings. The molecule has 3 N–H and O–H groups in total. The van der Waals surface area contributed by atoms with Gasteiger partial charge < -0.3 is 19.9 Å². The molecule has 0 bridgehead atoms. The fourth-order valence-corrected chi connectivity index (χ4v) is 8.32. The Labute approximate surface area is 334 Å². The van der Waals surface area contributed by atoms with Crippen LogP contribution in [0.3, 0.4) is 0 Å². The lowest BCUT2D eigenvalue weighted by Crippen LogP contribution is -2.18. The summed E-state index contributed by atoms with van der Waals surface area (Å²) in [5.41, 5.74) is 11.5. The third-order valence-corrected chi connectivity index (χ3v) is 11.3. The summed E-state index contributed by atoms with van der Waals surface area (Å²) in [7, 11) is 3.46. The second-order valence-corrected chi connectivity index (χ2v) is 15.0. The van der Waals surface area contributed by atoms with Crippen molar-refractivity contribution >= 4 is 67.8 Å².